The molecule has 1 rings (SSSR count). The van der Waals surface area contributed by atoms with Crippen molar-refractivity contribution in [1.29, 1.82) is 0 Å². The summed E-state index contributed by atoms with van der Waals surface area (Å²) in [5.41, 5.74) is 0.0901. The Morgan fingerprint density at radius 2 is 1.96 bits per heavy atom. The zero-order valence-corrected chi connectivity index (χ0v) is 14.5. The average Bonchev–Trinajstić information content (AvgIpc) is 2.46. The Bertz CT molecular complexity index is 632. The summed E-state index contributed by atoms with van der Waals surface area (Å²) in [5, 5.41) is 14.1. The third kappa shape index (κ3) is 6.12. The highest BCUT2D eigenvalue weighted by molar-refractivity contribution is 7.89. The van der Waals surface area contributed by atoms with Crippen LogP contribution in [0.25, 0.3) is 0 Å². The molecule has 0 aliphatic carbocycles. The number of sulfonamides is 1. The van der Waals surface area contributed by atoms with E-state index in [9.17, 15) is 18.5 Å². The molecule has 0 aromatic heterocycles. The van der Waals surface area contributed by atoms with Crippen molar-refractivity contribution in [1.82, 2.24) is 9.62 Å². The molecule has 0 fully saturated rings. The van der Waals surface area contributed by atoms with Crippen molar-refractivity contribution < 1.29 is 13.3 Å². The van der Waals surface area contributed by atoms with Crippen LogP contribution in [0.15, 0.2) is 23.1 Å². The van der Waals surface area contributed by atoms with Crippen molar-refractivity contribution >= 4 is 21.4 Å². The van der Waals surface area contributed by atoms with Gasteiger partial charge in [-0.15, -0.1) is 0 Å². The molecule has 8 nitrogen and oxygen atoms in total. The fourth-order valence-electron chi connectivity index (χ4n) is 1.87. The van der Waals surface area contributed by atoms with Crippen molar-refractivity contribution in [2.75, 3.05) is 39.0 Å². The summed E-state index contributed by atoms with van der Waals surface area (Å²) < 4.78 is 26.8. The number of nitro benzene ring substituents is 1. The smallest absolute Gasteiger partial charge is 0.293 e. The molecule has 0 bridgehead atoms. The van der Waals surface area contributed by atoms with Crippen molar-refractivity contribution in [2.24, 2.45) is 0 Å². The normalized spacial score (nSPS) is 11.7. The van der Waals surface area contributed by atoms with Gasteiger partial charge in [0, 0.05) is 25.7 Å². The van der Waals surface area contributed by atoms with E-state index in [-0.39, 0.29) is 17.1 Å². The molecule has 0 aliphatic rings. The number of unbranched alkanes of at least 4 members (excludes halogenated alkanes) is 1. The van der Waals surface area contributed by atoms with Crippen LogP contribution in [0.4, 0.5) is 11.4 Å². The molecule has 0 saturated carbocycles. The van der Waals surface area contributed by atoms with Crippen LogP contribution in [0, 0.1) is 10.1 Å². The second-order valence-electron chi connectivity index (χ2n) is 5.42. The molecule has 9 heteroatoms. The summed E-state index contributed by atoms with van der Waals surface area (Å²) in [5.74, 6) is 0. The first-order valence-electron chi connectivity index (χ1n) is 7.44. The summed E-state index contributed by atoms with van der Waals surface area (Å²) in [6.07, 6.45) is 1.84. The van der Waals surface area contributed by atoms with E-state index in [1.807, 2.05) is 25.9 Å². The van der Waals surface area contributed by atoms with Crippen LogP contribution >= 0.6 is 0 Å². The molecular formula is C14H24N4O4S. The number of rotatable bonds is 10. The molecule has 0 heterocycles. The van der Waals surface area contributed by atoms with Crippen molar-refractivity contribution in [2.45, 2.75) is 24.7 Å². The Labute approximate surface area is 137 Å². The van der Waals surface area contributed by atoms with E-state index in [2.05, 4.69) is 10.0 Å². The maximum absolute atomic E-state index is 12.2. The topological polar surface area (TPSA) is 105 Å². The number of hydrogen-bond acceptors (Lipinski definition) is 6. The molecule has 130 valence electrons. The molecule has 2 N–H and O–H groups in total. The summed E-state index contributed by atoms with van der Waals surface area (Å²) in [6.45, 7) is 3.40. The van der Waals surface area contributed by atoms with Crippen LogP contribution in [-0.4, -0.2) is 52.0 Å². The van der Waals surface area contributed by atoms with E-state index in [1.165, 1.54) is 12.1 Å². The standard InChI is InChI=1S/C14H24N4O4S/c1-4-5-8-15-13-7-6-12(11-14(13)18(19)20)23(21,22)16-9-10-17(2)3/h6-7,11,15-16H,4-5,8-10H2,1-3H3. The van der Waals surface area contributed by atoms with Crippen LogP contribution in [0.2, 0.25) is 0 Å². The maximum atomic E-state index is 12.2. The Morgan fingerprint density at radius 3 is 2.52 bits per heavy atom. The summed E-state index contributed by atoms with van der Waals surface area (Å²) in [6, 6.07) is 3.90. The number of hydrogen-bond donors (Lipinski definition) is 2. The highest BCUT2D eigenvalue weighted by atomic mass is 32.2. The molecule has 0 amide bonds. The predicted molar refractivity (Wildman–Crippen MR) is 90.2 cm³/mol. The van der Waals surface area contributed by atoms with Gasteiger partial charge in [-0.1, -0.05) is 13.3 Å². The van der Waals surface area contributed by atoms with Gasteiger partial charge in [0.1, 0.15) is 5.69 Å². The Morgan fingerprint density at radius 1 is 1.26 bits per heavy atom. The van der Waals surface area contributed by atoms with E-state index in [0.717, 1.165) is 18.9 Å². The molecule has 0 spiro atoms. The monoisotopic (exact) mass is 344 g/mol. The first kappa shape index (κ1) is 19.3. The SMILES string of the molecule is CCCCNc1ccc(S(=O)(=O)NCCN(C)C)cc1[N+](=O)[O-]. The van der Waals surface area contributed by atoms with Gasteiger partial charge in [0.15, 0.2) is 0 Å². The third-order valence-corrected chi connectivity index (χ3v) is 4.63. The second-order valence-corrected chi connectivity index (χ2v) is 7.18. The quantitative estimate of drug-likeness (QED) is 0.380. The van der Waals surface area contributed by atoms with Crippen molar-refractivity contribution in [3.63, 3.8) is 0 Å². The zero-order chi connectivity index (χ0) is 17.5. The molecule has 0 unspecified atom stereocenters. The van der Waals surface area contributed by atoms with Crippen LogP contribution in [0.3, 0.4) is 0 Å². The van der Waals surface area contributed by atoms with E-state index in [4.69, 9.17) is 0 Å². The van der Waals surface area contributed by atoms with Gasteiger partial charge < -0.3 is 10.2 Å². The third-order valence-electron chi connectivity index (χ3n) is 3.17. The molecule has 0 atom stereocenters. The van der Waals surface area contributed by atoms with Gasteiger partial charge in [-0.25, -0.2) is 13.1 Å². The number of benzene rings is 1. The molecule has 1 aromatic carbocycles. The lowest BCUT2D eigenvalue weighted by Gasteiger charge is -2.12. The van der Waals surface area contributed by atoms with Gasteiger partial charge in [0.2, 0.25) is 10.0 Å². The van der Waals surface area contributed by atoms with Gasteiger partial charge in [0.05, 0.1) is 9.82 Å². The minimum atomic E-state index is -3.76. The lowest BCUT2D eigenvalue weighted by atomic mass is 10.2. The second kappa shape index (κ2) is 8.80. The first-order chi connectivity index (χ1) is 10.8. The number of nitrogens with zero attached hydrogens (tertiary/aromatic N) is 2. The van der Waals surface area contributed by atoms with Gasteiger partial charge in [-0.3, -0.25) is 10.1 Å². The molecule has 0 saturated heterocycles. The van der Waals surface area contributed by atoms with Crippen LogP contribution < -0.4 is 10.0 Å². The van der Waals surface area contributed by atoms with E-state index < -0.39 is 14.9 Å². The van der Waals surface area contributed by atoms with E-state index in [0.29, 0.717) is 18.8 Å². The highest BCUT2D eigenvalue weighted by Gasteiger charge is 2.21. The number of anilines is 1. The van der Waals surface area contributed by atoms with Gasteiger partial charge >= 0.3 is 0 Å². The Hall–Kier alpha value is -1.71. The van der Waals surface area contributed by atoms with Crippen LogP contribution in [0.5, 0.6) is 0 Å². The largest absolute Gasteiger partial charge is 0.379 e. The van der Waals surface area contributed by atoms with Crippen LogP contribution in [-0.2, 0) is 10.0 Å². The summed E-state index contributed by atoms with van der Waals surface area (Å²) in [4.78, 5) is 12.3. The summed E-state index contributed by atoms with van der Waals surface area (Å²) in [7, 11) is -0.104. The van der Waals surface area contributed by atoms with E-state index in [1.54, 1.807) is 0 Å². The molecule has 23 heavy (non-hydrogen) atoms. The molecule has 1 aromatic rings. The highest BCUT2D eigenvalue weighted by Crippen LogP contribution is 2.27. The Kier molecular flexibility index (Phi) is 7.40. The van der Waals surface area contributed by atoms with Gasteiger partial charge in [-0.2, -0.15) is 0 Å². The van der Waals surface area contributed by atoms with Crippen molar-refractivity contribution in [3.8, 4) is 0 Å². The summed E-state index contributed by atoms with van der Waals surface area (Å²) >= 11 is 0. The zero-order valence-electron chi connectivity index (χ0n) is 13.7. The molecular weight excluding hydrogens is 320 g/mol. The Balaban J connectivity index is 2.95. The minimum absolute atomic E-state index is 0.107. The fraction of sp³-hybridized carbons (Fsp3) is 0.571. The van der Waals surface area contributed by atoms with Crippen molar-refractivity contribution in [3.05, 3.63) is 28.3 Å². The number of likely N-dealkylation sites (N-methyl/N-ethyl adjacent to an activating group) is 1. The van der Waals surface area contributed by atoms with E-state index >= 15 is 0 Å². The van der Waals surface area contributed by atoms with Gasteiger partial charge in [0.25, 0.3) is 5.69 Å². The van der Waals surface area contributed by atoms with Gasteiger partial charge in [-0.05, 0) is 32.6 Å². The first-order valence-corrected chi connectivity index (χ1v) is 8.93. The lowest BCUT2D eigenvalue weighted by Crippen LogP contribution is -2.31. The maximum Gasteiger partial charge on any atom is 0.293 e. The lowest BCUT2D eigenvalue weighted by molar-refractivity contribution is -0.384. The molecule has 0 aliphatic heterocycles. The minimum Gasteiger partial charge on any atom is -0.379 e. The fourth-order valence-corrected chi connectivity index (χ4v) is 2.91. The predicted octanol–water partition coefficient (Wildman–Crippen LogP) is 1.65. The number of nitro groups is 1. The average molecular weight is 344 g/mol. The van der Waals surface area contributed by atoms with Crippen LogP contribution in [0.1, 0.15) is 19.8 Å². The number of nitrogens with one attached hydrogen (secondary N) is 2. The molecule has 0 radical (unpaired) electrons.